The molecule has 0 N–H and O–H groups in total. The Morgan fingerprint density at radius 2 is 2.06 bits per heavy atom. The molecule has 1 saturated heterocycles. The highest BCUT2D eigenvalue weighted by Gasteiger charge is 2.44. The first-order chi connectivity index (χ1) is 8.38. The lowest BCUT2D eigenvalue weighted by Crippen LogP contribution is -2.40. The molecule has 3 atom stereocenters. The first-order valence-corrected chi connectivity index (χ1v) is 6.62. The van der Waals surface area contributed by atoms with Gasteiger partial charge in [0, 0.05) is 25.0 Å². The van der Waals surface area contributed by atoms with E-state index in [1.807, 2.05) is 0 Å². The molecular weight excluding hydrogens is 210 g/mol. The molecule has 0 radical (unpaired) electrons. The van der Waals surface area contributed by atoms with Gasteiger partial charge in [-0.15, -0.1) is 0 Å². The Morgan fingerprint density at radius 1 is 1.24 bits per heavy atom. The monoisotopic (exact) mass is 229 g/mol. The van der Waals surface area contributed by atoms with Gasteiger partial charge in [-0.2, -0.15) is 0 Å². The second-order valence-electron chi connectivity index (χ2n) is 5.35. The zero-order valence-electron chi connectivity index (χ0n) is 10.1. The van der Waals surface area contributed by atoms with Gasteiger partial charge in [-0.3, -0.25) is 4.90 Å². The van der Waals surface area contributed by atoms with Gasteiger partial charge in [0.25, 0.3) is 0 Å². The second kappa shape index (κ2) is 4.61. The van der Waals surface area contributed by atoms with Gasteiger partial charge in [-0.05, 0) is 30.7 Å². The van der Waals surface area contributed by atoms with Gasteiger partial charge < -0.3 is 4.79 Å². The molecule has 0 spiro atoms. The maximum Gasteiger partial charge on any atom is 0.121 e. The lowest BCUT2D eigenvalue weighted by molar-refractivity contribution is -0.109. The predicted molar refractivity (Wildman–Crippen MR) is 67.6 cm³/mol. The summed E-state index contributed by atoms with van der Waals surface area (Å²) in [5.74, 6) is 0.772. The number of fused-ring (bicyclic) bond motifs is 2. The van der Waals surface area contributed by atoms with Crippen LogP contribution in [-0.4, -0.2) is 23.3 Å². The number of carbonyl (C=O) groups is 1. The minimum atomic E-state index is 0.506. The maximum atomic E-state index is 10.8. The highest BCUT2D eigenvalue weighted by Crippen LogP contribution is 2.43. The Morgan fingerprint density at radius 3 is 2.82 bits per heavy atom. The fourth-order valence-electron chi connectivity index (χ4n) is 3.65. The third-order valence-electron chi connectivity index (χ3n) is 4.43. The van der Waals surface area contributed by atoms with Gasteiger partial charge in [0.2, 0.25) is 0 Å². The number of piperidine rings is 1. The van der Waals surface area contributed by atoms with Crippen molar-refractivity contribution in [1.82, 2.24) is 4.90 Å². The SMILES string of the molecule is O=CC[C@H]1[C@@H]2CC[C@@H](C2)N1Cc1ccccc1. The summed E-state index contributed by atoms with van der Waals surface area (Å²) in [5, 5.41) is 0. The standard InChI is InChI=1S/C15H19NO/c17-9-8-15-13-6-7-14(10-13)16(15)11-12-4-2-1-3-5-12/h1-5,9,13-15H,6-8,10-11H2/t13-,14+,15+/m1/s1. The number of carbonyl (C=O) groups excluding carboxylic acids is 1. The van der Waals surface area contributed by atoms with Crippen molar-refractivity contribution in [2.45, 2.75) is 44.3 Å². The minimum Gasteiger partial charge on any atom is -0.303 e. The van der Waals surface area contributed by atoms with E-state index in [2.05, 4.69) is 35.2 Å². The number of aldehydes is 1. The van der Waals surface area contributed by atoms with Gasteiger partial charge in [-0.1, -0.05) is 30.3 Å². The smallest absolute Gasteiger partial charge is 0.121 e. The van der Waals surface area contributed by atoms with Crippen molar-refractivity contribution in [3.05, 3.63) is 35.9 Å². The van der Waals surface area contributed by atoms with Crippen molar-refractivity contribution in [3.8, 4) is 0 Å². The third-order valence-corrected chi connectivity index (χ3v) is 4.43. The van der Waals surface area contributed by atoms with Crippen molar-refractivity contribution in [3.63, 3.8) is 0 Å². The number of likely N-dealkylation sites (tertiary alicyclic amines) is 1. The van der Waals surface area contributed by atoms with E-state index in [-0.39, 0.29) is 0 Å². The highest BCUT2D eigenvalue weighted by atomic mass is 16.1. The Balaban J connectivity index is 1.75. The molecule has 2 bridgehead atoms. The molecule has 2 aliphatic rings. The number of hydrogen-bond donors (Lipinski definition) is 0. The Hall–Kier alpha value is -1.15. The van der Waals surface area contributed by atoms with E-state index in [9.17, 15) is 4.79 Å². The molecule has 0 amide bonds. The number of rotatable bonds is 4. The molecule has 3 rings (SSSR count). The summed E-state index contributed by atoms with van der Waals surface area (Å²) in [6, 6.07) is 11.9. The van der Waals surface area contributed by atoms with E-state index in [1.54, 1.807) is 0 Å². The average molecular weight is 229 g/mol. The van der Waals surface area contributed by atoms with Crippen molar-refractivity contribution in [1.29, 1.82) is 0 Å². The molecule has 1 heterocycles. The van der Waals surface area contributed by atoms with E-state index >= 15 is 0 Å². The third kappa shape index (κ3) is 2.02. The number of nitrogens with zero attached hydrogens (tertiary/aromatic N) is 1. The summed E-state index contributed by atoms with van der Waals surface area (Å²) in [6.07, 6.45) is 5.78. The van der Waals surface area contributed by atoms with Crippen LogP contribution in [0.3, 0.4) is 0 Å². The largest absolute Gasteiger partial charge is 0.303 e. The molecule has 2 fully saturated rings. The van der Waals surface area contributed by atoms with E-state index < -0.39 is 0 Å². The van der Waals surface area contributed by atoms with Gasteiger partial charge in [0.1, 0.15) is 6.29 Å². The molecule has 2 heteroatoms. The predicted octanol–water partition coefficient (Wildman–Crippen LogP) is 2.63. The number of benzene rings is 1. The zero-order chi connectivity index (χ0) is 11.7. The lowest BCUT2D eigenvalue weighted by atomic mass is 9.96. The fraction of sp³-hybridized carbons (Fsp3) is 0.533. The van der Waals surface area contributed by atoms with Crippen LogP contribution < -0.4 is 0 Å². The summed E-state index contributed by atoms with van der Waals surface area (Å²) in [6.45, 7) is 1.01. The highest BCUT2D eigenvalue weighted by molar-refractivity contribution is 5.51. The molecule has 1 saturated carbocycles. The van der Waals surface area contributed by atoms with E-state index in [0.29, 0.717) is 12.5 Å². The first-order valence-electron chi connectivity index (χ1n) is 6.62. The molecular formula is C15H19NO. The lowest BCUT2D eigenvalue weighted by Gasteiger charge is -2.34. The number of hydrogen-bond acceptors (Lipinski definition) is 2. The summed E-state index contributed by atoms with van der Waals surface area (Å²) in [7, 11) is 0. The van der Waals surface area contributed by atoms with Crippen LogP contribution >= 0.6 is 0 Å². The molecule has 2 nitrogen and oxygen atoms in total. The summed E-state index contributed by atoms with van der Waals surface area (Å²) in [4.78, 5) is 13.4. The molecule has 0 aromatic heterocycles. The fourth-order valence-corrected chi connectivity index (χ4v) is 3.65. The van der Waals surface area contributed by atoms with Crippen LogP contribution in [0.1, 0.15) is 31.2 Å². The van der Waals surface area contributed by atoms with Crippen LogP contribution in [0.15, 0.2) is 30.3 Å². The summed E-state index contributed by atoms with van der Waals surface area (Å²) >= 11 is 0. The van der Waals surface area contributed by atoms with E-state index in [1.165, 1.54) is 24.8 Å². The minimum absolute atomic E-state index is 0.506. The van der Waals surface area contributed by atoms with Crippen molar-refractivity contribution in [2.75, 3.05) is 0 Å². The molecule has 1 aromatic carbocycles. The van der Waals surface area contributed by atoms with Gasteiger partial charge in [-0.25, -0.2) is 0 Å². The quantitative estimate of drug-likeness (QED) is 0.740. The molecule has 1 aliphatic heterocycles. The summed E-state index contributed by atoms with van der Waals surface area (Å²) < 4.78 is 0. The van der Waals surface area contributed by atoms with Crippen LogP contribution in [-0.2, 0) is 11.3 Å². The van der Waals surface area contributed by atoms with Crippen LogP contribution in [0.25, 0.3) is 0 Å². The Bertz CT molecular complexity index is 389. The van der Waals surface area contributed by atoms with E-state index in [4.69, 9.17) is 0 Å². The van der Waals surface area contributed by atoms with Gasteiger partial charge in [0.05, 0.1) is 0 Å². The summed E-state index contributed by atoms with van der Waals surface area (Å²) in [5.41, 5.74) is 1.37. The van der Waals surface area contributed by atoms with Crippen molar-refractivity contribution >= 4 is 6.29 Å². The molecule has 1 aliphatic carbocycles. The molecule has 1 aromatic rings. The molecule has 0 unspecified atom stereocenters. The van der Waals surface area contributed by atoms with Crippen molar-refractivity contribution < 1.29 is 4.79 Å². The van der Waals surface area contributed by atoms with Gasteiger partial charge >= 0.3 is 0 Å². The van der Waals surface area contributed by atoms with Crippen LogP contribution in [0.4, 0.5) is 0 Å². The van der Waals surface area contributed by atoms with Crippen LogP contribution in [0.2, 0.25) is 0 Å². The zero-order valence-corrected chi connectivity index (χ0v) is 10.1. The van der Waals surface area contributed by atoms with Gasteiger partial charge in [0.15, 0.2) is 0 Å². The maximum absolute atomic E-state index is 10.8. The average Bonchev–Trinajstić information content (AvgIpc) is 2.94. The Kier molecular flexibility index (Phi) is 2.98. The van der Waals surface area contributed by atoms with Crippen LogP contribution in [0, 0.1) is 5.92 Å². The molecule has 90 valence electrons. The van der Waals surface area contributed by atoms with Crippen molar-refractivity contribution in [2.24, 2.45) is 5.92 Å². The molecule has 17 heavy (non-hydrogen) atoms. The van der Waals surface area contributed by atoms with E-state index in [0.717, 1.165) is 24.8 Å². The first kappa shape index (κ1) is 11.0. The second-order valence-corrected chi connectivity index (χ2v) is 5.35. The normalized spacial score (nSPS) is 31.9. The Labute approximate surface area is 103 Å². The topological polar surface area (TPSA) is 20.3 Å². The van der Waals surface area contributed by atoms with Crippen LogP contribution in [0.5, 0.6) is 0 Å².